The highest BCUT2D eigenvalue weighted by Crippen LogP contribution is 2.41. The van der Waals surface area contributed by atoms with Crippen molar-refractivity contribution in [2.24, 2.45) is 0 Å². The molecule has 6 rings (SSSR count). The van der Waals surface area contributed by atoms with E-state index in [4.69, 9.17) is 4.74 Å². The molecule has 250 valence electrons. The van der Waals surface area contributed by atoms with Gasteiger partial charge in [-0.05, 0) is 99.1 Å². The highest BCUT2D eigenvalue weighted by molar-refractivity contribution is 6.34. The van der Waals surface area contributed by atoms with Gasteiger partial charge in [0.05, 0.1) is 17.9 Å². The maximum atomic E-state index is 14.2. The Morgan fingerprint density at radius 2 is 1.25 bits per heavy atom. The summed E-state index contributed by atoms with van der Waals surface area (Å²) in [6.45, 7) is 14.6. The second kappa shape index (κ2) is 19.0. The zero-order chi connectivity index (χ0) is 35.1. The van der Waals surface area contributed by atoms with Crippen molar-refractivity contribution in [3.05, 3.63) is 108 Å². The van der Waals surface area contributed by atoms with E-state index in [2.05, 4.69) is 30.3 Å². The maximum Gasteiger partial charge on any atom is 0.265 e. The van der Waals surface area contributed by atoms with Crippen LogP contribution in [0.5, 0.6) is 5.75 Å². The van der Waals surface area contributed by atoms with Crippen molar-refractivity contribution in [2.45, 2.75) is 74.1 Å². The smallest absolute Gasteiger partial charge is 0.265 e. The molecule has 6 aromatic carbocycles. The van der Waals surface area contributed by atoms with Crippen LogP contribution in [-0.4, -0.2) is 25.2 Å². The third-order valence-electron chi connectivity index (χ3n) is 8.03. The number of imide groups is 1. The Bertz CT molecular complexity index is 1960. The summed E-state index contributed by atoms with van der Waals surface area (Å²) in [5.74, 6) is 0.425. The first kappa shape index (κ1) is 37.4. The van der Waals surface area contributed by atoms with Crippen molar-refractivity contribution in [1.29, 1.82) is 0 Å². The number of anilines is 1. The van der Waals surface area contributed by atoms with Crippen LogP contribution in [0.1, 0.15) is 83.1 Å². The van der Waals surface area contributed by atoms with Crippen molar-refractivity contribution < 1.29 is 19.1 Å². The summed E-state index contributed by atoms with van der Waals surface area (Å²) >= 11 is 0. The van der Waals surface area contributed by atoms with Crippen LogP contribution >= 0.6 is 0 Å². The monoisotopic (exact) mass is 643 g/mol. The van der Waals surface area contributed by atoms with Crippen molar-refractivity contribution >= 4 is 67.4 Å². The van der Waals surface area contributed by atoms with Crippen LogP contribution in [0, 0.1) is 6.92 Å². The second-order valence-corrected chi connectivity index (χ2v) is 10.6. The molecule has 0 aliphatic carbocycles. The van der Waals surface area contributed by atoms with Crippen molar-refractivity contribution in [3.63, 3.8) is 0 Å². The minimum absolute atomic E-state index is 0.359. The lowest BCUT2D eigenvalue weighted by atomic mass is 9.86. The summed E-state index contributed by atoms with van der Waals surface area (Å²) in [6.07, 6.45) is 4.86. The van der Waals surface area contributed by atoms with Gasteiger partial charge in [-0.15, -0.1) is 0 Å². The number of para-hydroxylation sites is 1. The fourth-order valence-corrected chi connectivity index (χ4v) is 5.97. The Morgan fingerprint density at radius 1 is 0.646 bits per heavy atom. The van der Waals surface area contributed by atoms with Gasteiger partial charge in [-0.1, -0.05) is 114 Å². The summed E-state index contributed by atoms with van der Waals surface area (Å²) in [5, 5.41) is 8.10. The Labute approximate surface area is 285 Å². The average Bonchev–Trinajstić information content (AvgIpc) is 3.15. The van der Waals surface area contributed by atoms with Gasteiger partial charge in [-0.25, -0.2) is 4.90 Å². The van der Waals surface area contributed by atoms with E-state index in [-0.39, 0.29) is 5.91 Å². The lowest BCUT2D eigenvalue weighted by Gasteiger charge is -2.21. The number of benzene rings is 6. The van der Waals surface area contributed by atoms with Crippen molar-refractivity contribution in [3.8, 4) is 5.75 Å². The topological polar surface area (TPSA) is 63.7 Å². The Morgan fingerprint density at radius 3 is 1.96 bits per heavy atom. The molecule has 6 aromatic rings. The molecule has 0 unspecified atom stereocenters. The van der Waals surface area contributed by atoms with Crippen LogP contribution in [0.25, 0.3) is 43.1 Å². The molecule has 2 amide bonds. The van der Waals surface area contributed by atoms with Crippen LogP contribution in [0.3, 0.4) is 0 Å². The van der Waals surface area contributed by atoms with E-state index in [9.17, 15) is 14.4 Å². The van der Waals surface area contributed by atoms with E-state index in [1.54, 1.807) is 12.1 Å². The van der Waals surface area contributed by atoms with Crippen LogP contribution in [0.2, 0.25) is 0 Å². The second-order valence-electron chi connectivity index (χ2n) is 10.6. The fourth-order valence-electron chi connectivity index (χ4n) is 5.97. The number of hydrogen-bond donors (Lipinski definition) is 0. The number of amides is 2. The molecule has 0 saturated carbocycles. The van der Waals surface area contributed by atoms with E-state index < -0.39 is 0 Å². The van der Waals surface area contributed by atoms with Gasteiger partial charge in [0.15, 0.2) is 0 Å². The number of hydrogen-bond acceptors (Lipinski definition) is 4. The lowest BCUT2D eigenvalue weighted by molar-refractivity contribution is -0.108. The molecule has 0 bridgehead atoms. The summed E-state index contributed by atoms with van der Waals surface area (Å²) < 4.78 is 6.05. The van der Waals surface area contributed by atoms with Crippen molar-refractivity contribution in [1.82, 2.24) is 0 Å². The molecule has 0 spiro atoms. The molecule has 0 aromatic heterocycles. The van der Waals surface area contributed by atoms with Gasteiger partial charge in [0.1, 0.15) is 12.0 Å². The fraction of sp³-hybridized carbons (Fsp3) is 0.279. The molecule has 48 heavy (non-hydrogen) atoms. The highest BCUT2D eigenvalue weighted by Gasteiger charge is 2.25. The minimum Gasteiger partial charge on any atom is -0.494 e. The Hall–Kier alpha value is -5.03. The largest absolute Gasteiger partial charge is 0.494 e. The van der Waals surface area contributed by atoms with Gasteiger partial charge in [-0.2, -0.15) is 0 Å². The SMILES string of the molecule is CC.CC.CC.Cc1c(C(=O)N(C=O)c2ccccc2)c2ccc3cc(OCCCCCC=O)ccc3c2c2c1ccc1ccccc12. The van der Waals surface area contributed by atoms with E-state index in [1.807, 2.05) is 103 Å². The summed E-state index contributed by atoms with van der Waals surface area (Å²) in [5.41, 5.74) is 1.88. The number of rotatable bonds is 10. The predicted octanol–water partition coefficient (Wildman–Crippen LogP) is 11.6. The Kier molecular flexibility index (Phi) is 14.8. The van der Waals surface area contributed by atoms with Crippen LogP contribution < -0.4 is 9.64 Å². The number of carbonyl (C=O) groups excluding carboxylic acids is 3. The molecule has 0 saturated heterocycles. The Balaban J connectivity index is 0.000000987. The number of nitrogens with zero attached hydrogens (tertiary/aromatic N) is 1. The minimum atomic E-state index is -0.359. The number of carbonyl (C=O) groups is 3. The molecule has 0 aliphatic heterocycles. The standard InChI is InChI=1S/C37H31NO4.3C2H6/c1-25-30-18-15-26-11-7-8-14-31(26)35(30)36-32-20-17-29(42-22-10-3-2-9-21-39)23-27(32)16-19-33(36)34(25)37(41)38(24-40)28-12-5-4-6-13-28;3*1-2/h4-8,11-21,23-24H,2-3,9-10,22H2,1H3;3*1-2H3. The summed E-state index contributed by atoms with van der Waals surface area (Å²) in [7, 11) is 0. The first-order chi connectivity index (χ1) is 23.6. The molecule has 0 radical (unpaired) electrons. The number of unbranched alkanes of at least 4 members (excludes halogenated alkanes) is 3. The quantitative estimate of drug-likeness (QED) is 0.0846. The number of ether oxygens (including phenoxy) is 1. The zero-order valence-corrected chi connectivity index (χ0v) is 29.5. The van der Waals surface area contributed by atoms with Crippen LogP contribution in [0.4, 0.5) is 5.69 Å². The van der Waals surface area contributed by atoms with Gasteiger partial charge in [0, 0.05) is 6.42 Å². The van der Waals surface area contributed by atoms with Gasteiger partial charge in [0.2, 0.25) is 6.41 Å². The molecular weight excluding hydrogens is 594 g/mol. The molecule has 0 heterocycles. The van der Waals surface area contributed by atoms with E-state index >= 15 is 0 Å². The first-order valence-corrected chi connectivity index (χ1v) is 17.3. The lowest BCUT2D eigenvalue weighted by Crippen LogP contribution is -2.30. The summed E-state index contributed by atoms with van der Waals surface area (Å²) in [6, 6.07) is 31.6. The maximum absolute atomic E-state index is 14.2. The molecule has 5 heteroatoms. The normalized spacial score (nSPS) is 10.2. The van der Waals surface area contributed by atoms with Gasteiger partial charge < -0.3 is 9.53 Å². The van der Waals surface area contributed by atoms with E-state index in [1.165, 1.54) is 4.90 Å². The number of aryl methyl sites for hydroxylation is 1. The molecule has 0 fully saturated rings. The van der Waals surface area contributed by atoms with Gasteiger partial charge >= 0.3 is 0 Å². The zero-order valence-electron chi connectivity index (χ0n) is 29.5. The predicted molar refractivity (Wildman–Crippen MR) is 205 cm³/mol. The van der Waals surface area contributed by atoms with Crippen molar-refractivity contribution in [2.75, 3.05) is 11.5 Å². The molecular formula is C43H49NO4. The highest BCUT2D eigenvalue weighted by atomic mass is 16.5. The molecule has 0 N–H and O–H groups in total. The average molecular weight is 644 g/mol. The third-order valence-corrected chi connectivity index (χ3v) is 8.03. The number of fused-ring (bicyclic) bond motifs is 7. The molecule has 5 nitrogen and oxygen atoms in total. The van der Waals surface area contributed by atoms with Crippen LogP contribution in [-0.2, 0) is 9.59 Å². The summed E-state index contributed by atoms with van der Waals surface area (Å²) in [4.78, 5) is 38.2. The van der Waals surface area contributed by atoms with E-state index in [0.717, 1.165) is 80.0 Å². The van der Waals surface area contributed by atoms with Crippen LogP contribution in [0.15, 0.2) is 97.1 Å². The molecule has 0 atom stereocenters. The number of aldehydes is 1. The van der Waals surface area contributed by atoms with Gasteiger partial charge in [-0.3, -0.25) is 9.59 Å². The van der Waals surface area contributed by atoms with E-state index in [0.29, 0.717) is 30.7 Å². The molecule has 0 aliphatic rings. The first-order valence-electron chi connectivity index (χ1n) is 17.3. The third kappa shape index (κ3) is 7.91. The van der Waals surface area contributed by atoms with Gasteiger partial charge in [0.25, 0.3) is 5.91 Å².